The van der Waals surface area contributed by atoms with Crippen molar-refractivity contribution >= 4 is 17.7 Å². The van der Waals surface area contributed by atoms with Crippen LogP contribution in [-0.4, -0.2) is 22.7 Å². The lowest BCUT2D eigenvalue weighted by atomic mass is 9.76. The molecule has 4 rings (SSSR count). The Hall–Kier alpha value is -3.60. The van der Waals surface area contributed by atoms with E-state index in [1.165, 1.54) is 12.1 Å². The smallest absolute Gasteiger partial charge is 0.328 e. The fourth-order valence-electron chi connectivity index (χ4n) is 4.27. The van der Waals surface area contributed by atoms with Gasteiger partial charge in [0.2, 0.25) is 0 Å². The number of aromatic hydroxyl groups is 1. The van der Waals surface area contributed by atoms with Crippen LogP contribution in [0.1, 0.15) is 29.2 Å². The number of halogens is 1. The van der Waals surface area contributed by atoms with Gasteiger partial charge in [-0.25, -0.2) is 9.18 Å². The van der Waals surface area contributed by atoms with Crippen LogP contribution in [0.25, 0.3) is 6.08 Å². The third-order valence-electron chi connectivity index (χ3n) is 5.79. The minimum absolute atomic E-state index is 0.237. The highest BCUT2D eigenvalue weighted by molar-refractivity contribution is 5.85. The number of carboxylic acids is 1. The predicted octanol–water partition coefficient (Wildman–Crippen LogP) is 4.96. The maximum atomic E-state index is 13.5. The van der Waals surface area contributed by atoms with E-state index in [0.29, 0.717) is 6.54 Å². The molecule has 5 heteroatoms. The monoisotopic (exact) mass is 403 g/mol. The van der Waals surface area contributed by atoms with Crippen molar-refractivity contribution in [2.45, 2.75) is 18.9 Å². The van der Waals surface area contributed by atoms with Gasteiger partial charge in [0.1, 0.15) is 11.6 Å². The van der Waals surface area contributed by atoms with Gasteiger partial charge < -0.3 is 15.1 Å². The maximum absolute atomic E-state index is 13.5. The summed E-state index contributed by atoms with van der Waals surface area (Å²) in [5.74, 6) is -1.03. The SMILES string of the molecule is C[C@]1(c2ccc(/C=C/C(=O)O)cc2)c2ccc(O)cc2CCN1c1ccc(F)cc1. The molecular formula is C25H22FNO3. The molecule has 0 aliphatic carbocycles. The molecular weight excluding hydrogens is 381 g/mol. The summed E-state index contributed by atoms with van der Waals surface area (Å²) < 4.78 is 13.5. The lowest BCUT2D eigenvalue weighted by Gasteiger charge is -2.48. The molecule has 3 aromatic carbocycles. The van der Waals surface area contributed by atoms with Gasteiger partial charge in [-0.1, -0.05) is 30.3 Å². The van der Waals surface area contributed by atoms with Crippen molar-refractivity contribution in [3.8, 4) is 5.75 Å². The first-order valence-corrected chi connectivity index (χ1v) is 9.75. The number of phenolic OH excluding ortho intramolecular Hbond substituents is 1. The van der Waals surface area contributed by atoms with E-state index >= 15 is 0 Å². The van der Waals surface area contributed by atoms with Gasteiger partial charge in [-0.15, -0.1) is 0 Å². The molecule has 152 valence electrons. The van der Waals surface area contributed by atoms with Gasteiger partial charge >= 0.3 is 5.97 Å². The quantitative estimate of drug-likeness (QED) is 0.605. The van der Waals surface area contributed by atoms with E-state index < -0.39 is 11.5 Å². The van der Waals surface area contributed by atoms with Gasteiger partial charge in [-0.2, -0.15) is 0 Å². The molecule has 1 aliphatic heterocycles. The Morgan fingerprint density at radius 3 is 2.43 bits per heavy atom. The van der Waals surface area contributed by atoms with E-state index in [-0.39, 0.29) is 11.6 Å². The average molecular weight is 403 g/mol. The maximum Gasteiger partial charge on any atom is 0.328 e. The Labute approximate surface area is 174 Å². The lowest BCUT2D eigenvalue weighted by Crippen LogP contribution is -2.49. The minimum Gasteiger partial charge on any atom is -0.508 e. The molecule has 0 radical (unpaired) electrons. The molecule has 2 N–H and O–H groups in total. The second-order valence-electron chi connectivity index (χ2n) is 7.59. The summed E-state index contributed by atoms with van der Waals surface area (Å²) in [5, 5.41) is 18.8. The zero-order valence-electron chi connectivity index (χ0n) is 16.5. The second-order valence-corrected chi connectivity index (χ2v) is 7.59. The summed E-state index contributed by atoms with van der Waals surface area (Å²) in [7, 11) is 0. The van der Waals surface area contributed by atoms with E-state index in [1.807, 2.05) is 30.3 Å². The highest BCUT2D eigenvalue weighted by Gasteiger charge is 2.40. The predicted molar refractivity (Wildman–Crippen MR) is 115 cm³/mol. The number of nitrogens with zero attached hydrogens (tertiary/aromatic N) is 1. The molecule has 1 aliphatic rings. The van der Waals surface area contributed by atoms with Crippen LogP contribution in [0, 0.1) is 5.82 Å². The first-order chi connectivity index (χ1) is 14.4. The number of phenols is 1. The number of fused-ring (bicyclic) bond motifs is 1. The number of anilines is 1. The largest absolute Gasteiger partial charge is 0.508 e. The van der Waals surface area contributed by atoms with Gasteiger partial charge in [0.15, 0.2) is 0 Å². The fourth-order valence-corrected chi connectivity index (χ4v) is 4.27. The van der Waals surface area contributed by atoms with Gasteiger partial charge in [0, 0.05) is 18.3 Å². The van der Waals surface area contributed by atoms with Crippen LogP contribution in [0.15, 0.2) is 72.8 Å². The minimum atomic E-state index is -0.991. The van der Waals surface area contributed by atoms with Crippen LogP contribution in [0.3, 0.4) is 0 Å². The molecule has 1 heterocycles. The van der Waals surface area contributed by atoms with Crippen molar-refractivity contribution in [1.29, 1.82) is 0 Å². The van der Waals surface area contributed by atoms with Crippen molar-refractivity contribution in [1.82, 2.24) is 0 Å². The van der Waals surface area contributed by atoms with E-state index in [2.05, 4.69) is 11.8 Å². The third kappa shape index (κ3) is 3.54. The number of carbonyl (C=O) groups is 1. The number of hydrogen-bond acceptors (Lipinski definition) is 3. The molecule has 0 spiro atoms. The van der Waals surface area contributed by atoms with Gasteiger partial charge in [-0.3, -0.25) is 0 Å². The summed E-state index contributed by atoms with van der Waals surface area (Å²) in [6.07, 6.45) is 3.43. The molecule has 0 amide bonds. The topological polar surface area (TPSA) is 60.8 Å². The zero-order valence-corrected chi connectivity index (χ0v) is 16.5. The summed E-state index contributed by atoms with van der Waals surface area (Å²) in [6, 6.07) is 19.7. The fraction of sp³-hybridized carbons (Fsp3) is 0.160. The lowest BCUT2D eigenvalue weighted by molar-refractivity contribution is -0.131. The standard InChI is InChI=1S/C25H22FNO3/c1-25(19-5-2-17(3-6-19)4-13-24(29)30)23-12-11-22(28)16-18(23)14-15-27(25)21-9-7-20(26)8-10-21/h2-13,16,28H,14-15H2,1H3,(H,29,30)/b13-4+/t25-/m0/s1. The van der Waals surface area contributed by atoms with Crippen LogP contribution in [0.5, 0.6) is 5.75 Å². The highest BCUT2D eigenvalue weighted by atomic mass is 19.1. The number of carboxylic acid groups (broad SMARTS) is 1. The Morgan fingerprint density at radius 2 is 1.77 bits per heavy atom. The Morgan fingerprint density at radius 1 is 1.07 bits per heavy atom. The van der Waals surface area contributed by atoms with Gasteiger partial charge in [0.05, 0.1) is 5.54 Å². The van der Waals surface area contributed by atoms with Crippen LogP contribution in [-0.2, 0) is 16.8 Å². The van der Waals surface area contributed by atoms with Crippen LogP contribution in [0.2, 0.25) is 0 Å². The van der Waals surface area contributed by atoms with E-state index in [9.17, 15) is 14.3 Å². The number of aliphatic carboxylic acids is 1. The number of benzene rings is 3. The van der Waals surface area contributed by atoms with E-state index in [4.69, 9.17) is 5.11 Å². The van der Waals surface area contributed by atoms with E-state index in [0.717, 1.165) is 40.4 Å². The average Bonchev–Trinajstić information content (AvgIpc) is 2.73. The number of rotatable bonds is 4. The Bertz CT molecular complexity index is 1110. The van der Waals surface area contributed by atoms with Crippen LogP contribution >= 0.6 is 0 Å². The molecule has 0 fully saturated rings. The number of hydrogen-bond donors (Lipinski definition) is 2. The van der Waals surface area contributed by atoms with Gasteiger partial charge in [0.25, 0.3) is 0 Å². The Balaban J connectivity index is 1.84. The van der Waals surface area contributed by atoms with Crippen molar-refractivity contribution in [3.05, 3.63) is 101 Å². The van der Waals surface area contributed by atoms with Crippen molar-refractivity contribution in [2.24, 2.45) is 0 Å². The highest BCUT2D eigenvalue weighted by Crippen LogP contribution is 2.44. The van der Waals surface area contributed by atoms with Gasteiger partial charge in [-0.05, 0) is 78.1 Å². The van der Waals surface area contributed by atoms with Crippen LogP contribution in [0.4, 0.5) is 10.1 Å². The molecule has 3 aromatic rings. The summed E-state index contributed by atoms with van der Waals surface area (Å²) >= 11 is 0. The van der Waals surface area contributed by atoms with Crippen molar-refractivity contribution < 1.29 is 19.4 Å². The molecule has 0 bridgehead atoms. The molecule has 4 nitrogen and oxygen atoms in total. The third-order valence-corrected chi connectivity index (χ3v) is 5.79. The first kappa shape index (κ1) is 19.7. The van der Waals surface area contributed by atoms with Crippen molar-refractivity contribution in [2.75, 3.05) is 11.4 Å². The normalized spacial score (nSPS) is 18.4. The zero-order chi connectivity index (χ0) is 21.3. The molecule has 0 aromatic heterocycles. The summed E-state index contributed by atoms with van der Waals surface area (Å²) in [4.78, 5) is 13.0. The first-order valence-electron chi connectivity index (χ1n) is 9.75. The summed E-state index contributed by atoms with van der Waals surface area (Å²) in [5.41, 5.74) is 4.32. The van der Waals surface area contributed by atoms with E-state index in [1.54, 1.807) is 30.3 Å². The second kappa shape index (κ2) is 7.67. The summed E-state index contributed by atoms with van der Waals surface area (Å²) in [6.45, 7) is 2.83. The van der Waals surface area contributed by atoms with Crippen LogP contribution < -0.4 is 4.90 Å². The molecule has 30 heavy (non-hydrogen) atoms. The Kier molecular flexibility index (Phi) is 5.04. The molecule has 1 atom stereocenters. The molecule has 0 saturated carbocycles. The van der Waals surface area contributed by atoms with Crippen molar-refractivity contribution in [3.63, 3.8) is 0 Å². The molecule has 0 unspecified atom stereocenters. The molecule has 0 saturated heterocycles.